The van der Waals surface area contributed by atoms with Crippen molar-refractivity contribution in [2.24, 2.45) is 0 Å². The maximum atomic E-state index is 12.0. The van der Waals surface area contributed by atoms with E-state index in [-0.39, 0.29) is 12.2 Å². The van der Waals surface area contributed by atoms with Gasteiger partial charge in [-0.1, -0.05) is 43.2 Å². The van der Waals surface area contributed by atoms with Crippen LogP contribution in [0.2, 0.25) is 0 Å². The summed E-state index contributed by atoms with van der Waals surface area (Å²) < 4.78 is 12.0. The van der Waals surface area contributed by atoms with Crippen LogP contribution in [0.25, 0.3) is 0 Å². The van der Waals surface area contributed by atoms with Crippen LogP contribution >= 0.6 is 7.52 Å². The second-order valence-corrected chi connectivity index (χ2v) is 6.64. The summed E-state index contributed by atoms with van der Waals surface area (Å²) in [4.78, 5) is 9.88. The van der Waals surface area contributed by atoms with Gasteiger partial charge in [0, 0.05) is 6.04 Å². The normalized spacial score (nSPS) is 16.5. The molecule has 1 aromatic rings. The average Bonchev–Trinajstić information content (AvgIpc) is 2.20. The molecule has 0 aliphatic rings. The third-order valence-corrected chi connectivity index (χ3v) is 4.30. The van der Waals surface area contributed by atoms with Crippen molar-refractivity contribution in [1.82, 2.24) is 5.09 Å². The lowest BCUT2D eigenvalue weighted by molar-refractivity contribution is 0.444. The van der Waals surface area contributed by atoms with Crippen molar-refractivity contribution in [3.8, 4) is 0 Å². The van der Waals surface area contributed by atoms with E-state index in [2.05, 4.69) is 12.0 Å². The number of nitrogens with one attached hydrogen (secondary N) is 1. The van der Waals surface area contributed by atoms with E-state index in [9.17, 15) is 9.46 Å². The molecule has 0 aliphatic heterocycles. The molecule has 17 heavy (non-hydrogen) atoms. The Bertz CT molecular complexity index is 389. The predicted molar refractivity (Wildman–Crippen MR) is 72.2 cm³/mol. The van der Waals surface area contributed by atoms with E-state index in [1.165, 1.54) is 0 Å². The lowest BCUT2D eigenvalue weighted by Gasteiger charge is -2.18. The summed E-state index contributed by atoms with van der Waals surface area (Å²) in [5, 5.41) is 2.83. The molecule has 0 bridgehead atoms. The fraction of sp³-hybridized carbons (Fsp3) is 0.538. The molecule has 0 aromatic heterocycles. The van der Waals surface area contributed by atoms with Crippen molar-refractivity contribution in [2.45, 2.75) is 45.8 Å². The molecule has 0 fully saturated rings. The molecule has 2 unspecified atom stereocenters. The summed E-state index contributed by atoms with van der Waals surface area (Å²) in [6.45, 7) is 6.02. The van der Waals surface area contributed by atoms with Crippen LogP contribution in [0.15, 0.2) is 24.3 Å². The van der Waals surface area contributed by atoms with Gasteiger partial charge in [-0.15, -0.1) is 0 Å². The topological polar surface area (TPSA) is 49.3 Å². The highest BCUT2D eigenvalue weighted by molar-refractivity contribution is 7.55. The minimum Gasteiger partial charge on any atom is -0.333 e. The van der Waals surface area contributed by atoms with Crippen LogP contribution in [-0.2, 0) is 10.7 Å². The Balaban J connectivity index is 2.59. The quantitative estimate of drug-likeness (QED) is 0.765. The molecule has 2 atom stereocenters. The molecule has 0 amide bonds. The Labute approximate surface area is 104 Å². The molecule has 0 spiro atoms. The van der Waals surface area contributed by atoms with Crippen molar-refractivity contribution >= 4 is 7.52 Å². The van der Waals surface area contributed by atoms with Crippen molar-refractivity contribution in [3.63, 3.8) is 0 Å². The molecule has 0 aliphatic carbocycles. The molecule has 3 nitrogen and oxygen atoms in total. The first-order chi connectivity index (χ1) is 7.93. The van der Waals surface area contributed by atoms with Gasteiger partial charge in [-0.3, -0.25) is 4.57 Å². The first-order valence-corrected chi connectivity index (χ1v) is 7.92. The lowest BCUT2D eigenvalue weighted by atomic mass is 10.2. The average molecular weight is 255 g/mol. The number of rotatable bonds is 6. The molecule has 0 radical (unpaired) electrons. The zero-order valence-electron chi connectivity index (χ0n) is 10.8. The molecule has 1 aromatic carbocycles. The molecule has 1 rings (SSSR count). The summed E-state index contributed by atoms with van der Waals surface area (Å²) in [6.07, 6.45) is 2.12. The van der Waals surface area contributed by atoms with Crippen molar-refractivity contribution in [1.29, 1.82) is 0 Å². The van der Waals surface area contributed by atoms with Gasteiger partial charge in [0.15, 0.2) is 0 Å². The number of hydrogen-bond acceptors (Lipinski definition) is 1. The second-order valence-electron chi connectivity index (χ2n) is 4.66. The molecular formula is C13H22NO2P. The van der Waals surface area contributed by atoms with E-state index in [1.54, 1.807) is 0 Å². The number of benzene rings is 1. The summed E-state index contributed by atoms with van der Waals surface area (Å²) in [6, 6.07) is 7.82. The van der Waals surface area contributed by atoms with Gasteiger partial charge >= 0.3 is 0 Å². The Morgan fingerprint density at radius 2 is 1.94 bits per heavy atom. The van der Waals surface area contributed by atoms with Crippen LogP contribution in [-0.4, -0.2) is 10.9 Å². The minimum atomic E-state index is -3.27. The van der Waals surface area contributed by atoms with Gasteiger partial charge in [0.05, 0.1) is 6.16 Å². The van der Waals surface area contributed by atoms with Gasteiger partial charge in [-0.05, 0) is 25.8 Å². The van der Waals surface area contributed by atoms with Crippen LogP contribution < -0.4 is 5.09 Å². The van der Waals surface area contributed by atoms with E-state index < -0.39 is 7.52 Å². The monoisotopic (exact) mass is 255 g/mol. The highest BCUT2D eigenvalue weighted by Crippen LogP contribution is 2.40. The summed E-state index contributed by atoms with van der Waals surface area (Å²) >= 11 is 0. The molecule has 96 valence electrons. The van der Waals surface area contributed by atoms with Gasteiger partial charge in [0.2, 0.25) is 0 Å². The molecular weight excluding hydrogens is 233 g/mol. The van der Waals surface area contributed by atoms with Crippen LogP contribution in [0.1, 0.15) is 37.8 Å². The van der Waals surface area contributed by atoms with Crippen LogP contribution in [0, 0.1) is 6.92 Å². The fourth-order valence-electron chi connectivity index (χ4n) is 1.83. The molecule has 0 saturated carbocycles. The zero-order chi connectivity index (χ0) is 12.9. The molecule has 4 heteroatoms. The van der Waals surface area contributed by atoms with E-state index in [0.29, 0.717) is 0 Å². The zero-order valence-corrected chi connectivity index (χ0v) is 11.7. The fourth-order valence-corrected chi connectivity index (χ4v) is 3.44. The Kier molecular flexibility index (Phi) is 5.38. The minimum absolute atomic E-state index is 0.0845. The van der Waals surface area contributed by atoms with Crippen molar-refractivity contribution in [2.75, 3.05) is 0 Å². The largest absolute Gasteiger partial charge is 0.333 e. The van der Waals surface area contributed by atoms with Gasteiger partial charge in [-0.2, -0.15) is 0 Å². The highest BCUT2D eigenvalue weighted by Gasteiger charge is 2.20. The number of hydrogen-bond donors (Lipinski definition) is 2. The molecule has 0 heterocycles. The SMILES string of the molecule is CCCC(C)NP(=O)(O)Cc1ccc(C)cc1. The predicted octanol–water partition coefficient (Wildman–Crippen LogP) is 3.46. The van der Waals surface area contributed by atoms with Crippen LogP contribution in [0.4, 0.5) is 0 Å². The standard InChI is InChI=1S/C13H22NO2P/c1-4-5-12(3)14-17(15,16)10-13-8-6-11(2)7-9-13/h6-9,12H,4-5,10H2,1-3H3,(H2,14,15,16). The Hall–Kier alpha value is -0.630. The van der Waals surface area contributed by atoms with E-state index >= 15 is 0 Å². The molecule has 0 saturated heterocycles. The first kappa shape index (κ1) is 14.4. The maximum absolute atomic E-state index is 12.0. The number of aryl methyl sites for hydroxylation is 1. The van der Waals surface area contributed by atoms with E-state index in [0.717, 1.165) is 24.0 Å². The van der Waals surface area contributed by atoms with Gasteiger partial charge in [-0.25, -0.2) is 5.09 Å². The van der Waals surface area contributed by atoms with Gasteiger partial charge < -0.3 is 4.89 Å². The van der Waals surface area contributed by atoms with Gasteiger partial charge in [0.25, 0.3) is 7.52 Å². The Morgan fingerprint density at radius 3 is 2.47 bits per heavy atom. The smallest absolute Gasteiger partial charge is 0.271 e. The third-order valence-electron chi connectivity index (χ3n) is 2.66. The summed E-state index contributed by atoms with van der Waals surface area (Å²) in [5.41, 5.74) is 2.06. The Morgan fingerprint density at radius 1 is 1.35 bits per heavy atom. The van der Waals surface area contributed by atoms with Crippen molar-refractivity contribution in [3.05, 3.63) is 35.4 Å². The second kappa shape index (κ2) is 6.34. The van der Waals surface area contributed by atoms with Gasteiger partial charge in [0.1, 0.15) is 0 Å². The summed E-state index contributed by atoms with van der Waals surface area (Å²) in [5.74, 6) is 0. The summed E-state index contributed by atoms with van der Waals surface area (Å²) in [7, 11) is -3.27. The lowest BCUT2D eigenvalue weighted by Crippen LogP contribution is -2.23. The van der Waals surface area contributed by atoms with Crippen LogP contribution in [0.5, 0.6) is 0 Å². The maximum Gasteiger partial charge on any atom is 0.271 e. The van der Waals surface area contributed by atoms with E-state index in [4.69, 9.17) is 0 Å². The molecule has 2 N–H and O–H groups in total. The van der Waals surface area contributed by atoms with E-state index in [1.807, 2.05) is 38.1 Å². The first-order valence-electron chi connectivity index (χ1n) is 6.08. The highest BCUT2D eigenvalue weighted by atomic mass is 31.2. The van der Waals surface area contributed by atoms with Crippen molar-refractivity contribution < 1.29 is 9.46 Å². The van der Waals surface area contributed by atoms with Crippen LogP contribution in [0.3, 0.4) is 0 Å². The third kappa shape index (κ3) is 5.49.